The first kappa shape index (κ1) is 14.8. The number of carbonyl (C=O) groups is 1. The van der Waals surface area contributed by atoms with Gasteiger partial charge in [0.05, 0.1) is 22.3 Å². The summed E-state index contributed by atoms with van der Waals surface area (Å²) in [6.45, 7) is 3.08. The van der Waals surface area contributed by atoms with Crippen LogP contribution in [-0.2, 0) is 4.79 Å². The Balaban J connectivity index is 2.65. The molecule has 0 saturated carbocycles. The molecule has 1 amide bonds. The summed E-state index contributed by atoms with van der Waals surface area (Å²) in [5.41, 5.74) is 0.444. The van der Waals surface area contributed by atoms with Crippen molar-refractivity contribution in [3.8, 4) is 0 Å². The van der Waals surface area contributed by atoms with Crippen LogP contribution in [0.2, 0.25) is 10.0 Å². The third-order valence-corrected chi connectivity index (χ3v) is 3.04. The van der Waals surface area contributed by atoms with Gasteiger partial charge < -0.3 is 10.6 Å². The highest BCUT2D eigenvalue weighted by atomic mass is 79.9. The zero-order valence-corrected chi connectivity index (χ0v) is 12.4. The smallest absolute Gasteiger partial charge is 0.238 e. The number of carbonyl (C=O) groups excluding carboxylic acids is 1. The van der Waals surface area contributed by atoms with Crippen molar-refractivity contribution in [2.45, 2.75) is 13.3 Å². The lowest BCUT2D eigenvalue weighted by atomic mass is 10.3. The third kappa shape index (κ3) is 4.84. The van der Waals surface area contributed by atoms with Crippen LogP contribution >= 0.6 is 39.1 Å². The lowest BCUT2D eigenvalue weighted by Crippen LogP contribution is -2.28. The van der Waals surface area contributed by atoms with Gasteiger partial charge in [0, 0.05) is 4.47 Å². The molecule has 94 valence electrons. The zero-order valence-electron chi connectivity index (χ0n) is 9.32. The largest absolute Gasteiger partial charge is 0.322 e. The van der Waals surface area contributed by atoms with Crippen molar-refractivity contribution in [3.63, 3.8) is 0 Å². The minimum atomic E-state index is -0.162. The van der Waals surface area contributed by atoms with Gasteiger partial charge in [0.1, 0.15) is 0 Å². The Bertz CT molecular complexity index is 389. The van der Waals surface area contributed by atoms with Crippen molar-refractivity contribution < 1.29 is 4.79 Å². The minimum absolute atomic E-state index is 0.162. The molecule has 0 radical (unpaired) electrons. The Kier molecular flexibility index (Phi) is 6.27. The lowest BCUT2D eigenvalue weighted by Gasteiger charge is -2.10. The van der Waals surface area contributed by atoms with Crippen molar-refractivity contribution in [1.29, 1.82) is 0 Å². The van der Waals surface area contributed by atoms with Gasteiger partial charge in [-0.15, -0.1) is 0 Å². The molecule has 0 aliphatic rings. The number of amides is 1. The summed E-state index contributed by atoms with van der Waals surface area (Å²) < 4.78 is 0.773. The van der Waals surface area contributed by atoms with Gasteiger partial charge in [-0.05, 0) is 25.1 Å². The number of rotatable bonds is 5. The number of hydrogen-bond acceptors (Lipinski definition) is 2. The molecule has 0 aromatic heterocycles. The van der Waals surface area contributed by atoms with E-state index in [2.05, 4.69) is 26.6 Å². The second-order valence-electron chi connectivity index (χ2n) is 3.47. The summed E-state index contributed by atoms with van der Waals surface area (Å²) in [4.78, 5) is 11.6. The van der Waals surface area contributed by atoms with Crippen molar-refractivity contribution >= 4 is 50.7 Å². The first-order valence-electron chi connectivity index (χ1n) is 5.19. The molecule has 1 rings (SSSR count). The molecule has 0 bridgehead atoms. The number of anilines is 1. The van der Waals surface area contributed by atoms with Crippen molar-refractivity contribution in [2.24, 2.45) is 0 Å². The Morgan fingerprint density at radius 2 is 1.94 bits per heavy atom. The predicted octanol–water partition coefficient (Wildman–Crippen LogP) is 3.69. The van der Waals surface area contributed by atoms with Crippen LogP contribution in [0.5, 0.6) is 0 Å². The van der Waals surface area contributed by atoms with Gasteiger partial charge >= 0.3 is 0 Å². The molecule has 0 unspecified atom stereocenters. The molecule has 0 aliphatic heterocycles. The summed E-state index contributed by atoms with van der Waals surface area (Å²) >= 11 is 15.3. The van der Waals surface area contributed by atoms with E-state index in [4.69, 9.17) is 23.2 Å². The Labute approximate surface area is 119 Å². The number of nitrogens with one attached hydrogen (secondary N) is 2. The van der Waals surface area contributed by atoms with Crippen LogP contribution in [0, 0.1) is 0 Å². The van der Waals surface area contributed by atoms with E-state index in [-0.39, 0.29) is 12.5 Å². The van der Waals surface area contributed by atoms with E-state index < -0.39 is 0 Å². The van der Waals surface area contributed by atoms with E-state index in [1.54, 1.807) is 12.1 Å². The second kappa shape index (κ2) is 7.21. The van der Waals surface area contributed by atoms with Gasteiger partial charge in [0.2, 0.25) is 5.91 Å². The van der Waals surface area contributed by atoms with Crippen molar-refractivity contribution in [3.05, 3.63) is 26.7 Å². The molecular formula is C11H13BrCl2N2O. The van der Waals surface area contributed by atoms with Gasteiger partial charge in [-0.25, -0.2) is 0 Å². The van der Waals surface area contributed by atoms with Gasteiger partial charge in [-0.1, -0.05) is 46.1 Å². The van der Waals surface area contributed by atoms with Gasteiger partial charge in [0.25, 0.3) is 0 Å². The normalized spacial score (nSPS) is 10.4. The van der Waals surface area contributed by atoms with Gasteiger partial charge in [0.15, 0.2) is 0 Å². The molecule has 0 atom stereocenters. The summed E-state index contributed by atoms with van der Waals surface area (Å²) in [6.07, 6.45) is 0.979. The van der Waals surface area contributed by atoms with E-state index in [0.29, 0.717) is 15.7 Å². The highest BCUT2D eigenvalue weighted by Crippen LogP contribution is 2.33. The van der Waals surface area contributed by atoms with Crippen molar-refractivity contribution in [1.82, 2.24) is 5.32 Å². The maximum absolute atomic E-state index is 11.6. The monoisotopic (exact) mass is 338 g/mol. The minimum Gasteiger partial charge on any atom is -0.322 e. The van der Waals surface area contributed by atoms with Crippen LogP contribution < -0.4 is 10.6 Å². The fourth-order valence-corrected chi connectivity index (χ4v) is 2.53. The van der Waals surface area contributed by atoms with E-state index >= 15 is 0 Å². The molecular weight excluding hydrogens is 327 g/mol. The fourth-order valence-electron chi connectivity index (χ4n) is 1.22. The van der Waals surface area contributed by atoms with Crippen LogP contribution in [0.25, 0.3) is 0 Å². The molecule has 1 aromatic rings. The van der Waals surface area contributed by atoms with Gasteiger partial charge in [-0.2, -0.15) is 0 Å². The Morgan fingerprint density at radius 3 is 2.47 bits per heavy atom. The molecule has 0 heterocycles. The molecule has 0 fully saturated rings. The number of hydrogen-bond donors (Lipinski definition) is 2. The first-order valence-corrected chi connectivity index (χ1v) is 6.74. The summed E-state index contributed by atoms with van der Waals surface area (Å²) in [5.74, 6) is -0.162. The molecule has 0 saturated heterocycles. The predicted molar refractivity (Wildman–Crippen MR) is 76.0 cm³/mol. The van der Waals surface area contributed by atoms with Crippen LogP contribution in [-0.4, -0.2) is 19.0 Å². The average Bonchev–Trinajstić information content (AvgIpc) is 2.24. The summed E-state index contributed by atoms with van der Waals surface area (Å²) in [7, 11) is 0. The topological polar surface area (TPSA) is 41.1 Å². The highest BCUT2D eigenvalue weighted by Gasteiger charge is 2.10. The average molecular weight is 340 g/mol. The van der Waals surface area contributed by atoms with E-state index in [9.17, 15) is 4.79 Å². The van der Waals surface area contributed by atoms with Crippen molar-refractivity contribution in [2.75, 3.05) is 18.4 Å². The summed E-state index contributed by atoms with van der Waals surface area (Å²) in [5, 5.41) is 6.50. The second-order valence-corrected chi connectivity index (χ2v) is 5.20. The molecule has 0 spiro atoms. The first-order chi connectivity index (χ1) is 8.04. The van der Waals surface area contributed by atoms with E-state index in [0.717, 1.165) is 17.4 Å². The molecule has 6 heteroatoms. The lowest BCUT2D eigenvalue weighted by molar-refractivity contribution is -0.115. The Hall–Kier alpha value is -0.290. The quantitative estimate of drug-likeness (QED) is 0.803. The van der Waals surface area contributed by atoms with Crippen LogP contribution in [0.3, 0.4) is 0 Å². The zero-order chi connectivity index (χ0) is 12.8. The fraction of sp³-hybridized carbons (Fsp3) is 0.364. The van der Waals surface area contributed by atoms with Crippen LogP contribution in [0.15, 0.2) is 16.6 Å². The maximum atomic E-state index is 11.6. The van der Waals surface area contributed by atoms with E-state index in [1.807, 2.05) is 6.92 Å². The molecule has 17 heavy (non-hydrogen) atoms. The maximum Gasteiger partial charge on any atom is 0.238 e. The van der Waals surface area contributed by atoms with E-state index in [1.165, 1.54) is 0 Å². The molecule has 2 N–H and O–H groups in total. The Morgan fingerprint density at radius 1 is 1.35 bits per heavy atom. The SMILES string of the molecule is CCCNCC(=O)Nc1c(Cl)cc(Br)cc1Cl. The highest BCUT2D eigenvalue weighted by molar-refractivity contribution is 9.10. The molecule has 0 aliphatic carbocycles. The van der Waals surface area contributed by atoms with Crippen LogP contribution in [0.1, 0.15) is 13.3 Å². The molecule has 3 nitrogen and oxygen atoms in total. The molecule has 1 aromatic carbocycles. The number of halogens is 3. The van der Waals surface area contributed by atoms with Crippen LogP contribution in [0.4, 0.5) is 5.69 Å². The summed E-state index contributed by atoms with van der Waals surface area (Å²) in [6, 6.07) is 3.37. The number of benzene rings is 1. The van der Waals surface area contributed by atoms with Gasteiger partial charge in [-0.3, -0.25) is 4.79 Å². The standard InChI is InChI=1S/C11H13BrCl2N2O/c1-2-3-15-6-10(17)16-11-8(13)4-7(12)5-9(11)14/h4-5,15H,2-3,6H2,1H3,(H,16,17). The third-order valence-electron chi connectivity index (χ3n) is 1.98.